The van der Waals surface area contributed by atoms with E-state index in [1.165, 1.54) is 6.33 Å². The summed E-state index contributed by atoms with van der Waals surface area (Å²) >= 11 is 11.8. The molecule has 1 fully saturated rings. The van der Waals surface area contributed by atoms with E-state index in [9.17, 15) is 4.79 Å². The first kappa shape index (κ1) is 13.5. The van der Waals surface area contributed by atoms with E-state index in [4.69, 9.17) is 23.2 Å². The topological polar surface area (TPSA) is 66.9 Å². The Bertz CT molecular complexity index is 440. The number of rotatable bonds is 3. The largest absolute Gasteiger partial charge is 0.320 e. The second-order valence-corrected chi connectivity index (χ2v) is 5.06. The monoisotopic (exact) mass is 288 g/mol. The molecule has 1 saturated heterocycles. The summed E-state index contributed by atoms with van der Waals surface area (Å²) in [5, 5.41) is 6.25. The predicted molar refractivity (Wildman–Crippen MR) is 70.9 cm³/mol. The fourth-order valence-electron chi connectivity index (χ4n) is 2.09. The molecule has 5 nitrogen and oxygen atoms in total. The lowest BCUT2D eigenvalue weighted by Gasteiger charge is -2.25. The first-order valence-electron chi connectivity index (χ1n) is 5.77. The maximum absolute atomic E-state index is 12.3. The molecule has 1 amide bonds. The van der Waals surface area contributed by atoms with Crippen LogP contribution in [0, 0.1) is 5.41 Å². The minimum Gasteiger partial charge on any atom is -0.320 e. The molecule has 0 bridgehead atoms. The third-order valence-electron chi connectivity index (χ3n) is 3.40. The van der Waals surface area contributed by atoms with Crippen molar-refractivity contribution in [1.82, 2.24) is 15.3 Å². The van der Waals surface area contributed by atoms with Gasteiger partial charge in [-0.2, -0.15) is 0 Å². The van der Waals surface area contributed by atoms with E-state index in [2.05, 4.69) is 20.6 Å². The lowest BCUT2D eigenvalue weighted by molar-refractivity contribution is -0.124. The van der Waals surface area contributed by atoms with E-state index in [1.54, 1.807) is 0 Å². The van der Waals surface area contributed by atoms with Crippen LogP contribution >= 0.6 is 23.2 Å². The summed E-state index contributed by atoms with van der Waals surface area (Å²) < 4.78 is 0. The molecule has 2 rings (SSSR count). The molecular formula is C11H14Cl2N4O. The number of nitrogens with one attached hydrogen (secondary N) is 2. The van der Waals surface area contributed by atoms with Gasteiger partial charge in [-0.25, -0.2) is 9.97 Å². The molecule has 0 aromatic carbocycles. The van der Waals surface area contributed by atoms with Crippen molar-refractivity contribution in [3.05, 3.63) is 16.6 Å². The summed E-state index contributed by atoms with van der Waals surface area (Å²) in [6, 6.07) is 0. The lowest BCUT2D eigenvalue weighted by atomic mass is 9.83. The van der Waals surface area contributed by atoms with Gasteiger partial charge >= 0.3 is 0 Å². The van der Waals surface area contributed by atoms with Gasteiger partial charge in [-0.15, -0.1) is 0 Å². The fourth-order valence-corrected chi connectivity index (χ4v) is 2.50. The van der Waals surface area contributed by atoms with Gasteiger partial charge in [0.1, 0.15) is 12.0 Å². The number of amides is 1. The number of anilines is 1. The predicted octanol–water partition coefficient (Wildman–Crippen LogP) is 2.11. The first-order chi connectivity index (χ1) is 8.59. The van der Waals surface area contributed by atoms with Crippen LogP contribution in [0.2, 0.25) is 10.3 Å². The number of hydrogen-bond acceptors (Lipinski definition) is 4. The second-order valence-electron chi connectivity index (χ2n) is 4.35. The molecule has 1 unspecified atom stereocenters. The molecule has 0 saturated carbocycles. The van der Waals surface area contributed by atoms with Gasteiger partial charge in [0.25, 0.3) is 0 Å². The zero-order valence-corrected chi connectivity index (χ0v) is 11.5. The highest BCUT2D eigenvalue weighted by Crippen LogP contribution is 2.33. The van der Waals surface area contributed by atoms with E-state index in [0.717, 1.165) is 19.4 Å². The summed E-state index contributed by atoms with van der Waals surface area (Å²) in [5.41, 5.74) is -0.117. The molecule has 1 aromatic rings. The minimum atomic E-state index is -0.400. The lowest BCUT2D eigenvalue weighted by Crippen LogP contribution is -2.37. The highest BCUT2D eigenvalue weighted by Gasteiger charge is 2.39. The number of hydrogen-bond donors (Lipinski definition) is 2. The quantitative estimate of drug-likeness (QED) is 0.836. The van der Waals surface area contributed by atoms with Crippen LogP contribution in [0.15, 0.2) is 6.33 Å². The Morgan fingerprint density at radius 3 is 2.67 bits per heavy atom. The number of aromatic nitrogens is 2. The van der Waals surface area contributed by atoms with E-state index >= 15 is 0 Å². The third kappa shape index (κ3) is 2.43. The van der Waals surface area contributed by atoms with E-state index in [-0.39, 0.29) is 21.9 Å². The van der Waals surface area contributed by atoms with Crippen LogP contribution in [-0.4, -0.2) is 29.0 Å². The molecule has 1 aliphatic heterocycles. The Kier molecular flexibility index (Phi) is 4.04. The van der Waals surface area contributed by atoms with Crippen LogP contribution in [0.1, 0.15) is 19.8 Å². The van der Waals surface area contributed by atoms with Gasteiger partial charge in [-0.05, 0) is 19.4 Å². The average Bonchev–Trinajstić information content (AvgIpc) is 2.84. The van der Waals surface area contributed by atoms with Gasteiger partial charge in [-0.3, -0.25) is 4.79 Å². The summed E-state index contributed by atoms with van der Waals surface area (Å²) in [6.45, 7) is 3.50. The van der Waals surface area contributed by atoms with Gasteiger partial charge < -0.3 is 10.6 Å². The average molecular weight is 289 g/mol. The summed E-state index contributed by atoms with van der Waals surface area (Å²) in [6.07, 6.45) is 2.82. The minimum absolute atomic E-state index is 0.0893. The number of halogens is 2. The van der Waals surface area contributed by atoms with Crippen molar-refractivity contribution in [2.45, 2.75) is 19.8 Å². The van der Waals surface area contributed by atoms with Gasteiger partial charge in [0.05, 0.1) is 5.41 Å². The van der Waals surface area contributed by atoms with Crippen molar-refractivity contribution in [3.63, 3.8) is 0 Å². The zero-order chi connectivity index (χ0) is 13.2. The van der Waals surface area contributed by atoms with Crippen LogP contribution in [0.4, 0.5) is 5.69 Å². The molecule has 0 aliphatic carbocycles. The maximum atomic E-state index is 12.3. The molecule has 0 radical (unpaired) electrons. The normalized spacial score (nSPS) is 23.1. The van der Waals surface area contributed by atoms with E-state index in [1.807, 2.05) is 6.92 Å². The van der Waals surface area contributed by atoms with Crippen molar-refractivity contribution in [1.29, 1.82) is 0 Å². The van der Waals surface area contributed by atoms with Crippen molar-refractivity contribution >= 4 is 34.8 Å². The number of carbonyl (C=O) groups is 1. The third-order valence-corrected chi connectivity index (χ3v) is 3.97. The van der Waals surface area contributed by atoms with Crippen LogP contribution in [0.5, 0.6) is 0 Å². The van der Waals surface area contributed by atoms with E-state index < -0.39 is 5.41 Å². The molecular weight excluding hydrogens is 275 g/mol. The van der Waals surface area contributed by atoms with Gasteiger partial charge in [0, 0.05) is 6.54 Å². The Morgan fingerprint density at radius 2 is 2.17 bits per heavy atom. The molecule has 2 N–H and O–H groups in total. The fraction of sp³-hybridized carbons (Fsp3) is 0.545. The van der Waals surface area contributed by atoms with Crippen molar-refractivity contribution in [3.8, 4) is 0 Å². The number of carbonyl (C=O) groups excluding carboxylic acids is 1. The molecule has 2 heterocycles. The van der Waals surface area contributed by atoms with Crippen LogP contribution in [0.3, 0.4) is 0 Å². The second kappa shape index (κ2) is 5.38. The van der Waals surface area contributed by atoms with Crippen molar-refractivity contribution < 1.29 is 4.79 Å². The van der Waals surface area contributed by atoms with Gasteiger partial charge in [0.15, 0.2) is 10.3 Å². The molecule has 1 aromatic heterocycles. The zero-order valence-electron chi connectivity index (χ0n) is 9.96. The molecule has 18 heavy (non-hydrogen) atoms. The van der Waals surface area contributed by atoms with Crippen LogP contribution in [0.25, 0.3) is 0 Å². The standard InChI is InChI=1S/C11H14Cl2N4O/c1-2-11(3-4-14-5-11)10(18)17-7-8(12)15-6-16-9(7)13/h6,14H,2-5H2,1H3,(H,17,18). The molecule has 7 heteroatoms. The summed E-state index contributed by atoms with van der Waals surface area (Å²) in [7, 11) is 0. The number of nitrogens with zero attached hydrogens (tertiary/aromatic N) is 2. The smallest absolute Gasteiger partial charge is 0.232 e. The maximum Gasteiger partial charge on any atom is 0.232 e. The molecule has 0 spiro atoms. The van der Waals surface area contributed by atoms with Gasteiger partial charge in [-0.1, -0.05) is 30.1 Å². The molecule has 98 valence electrons. The Morgan fingerprint density at radius 1 is 1.50 bits per heavy atom. The Labute approximate surface area is 115 Å². The van der Waals surface area contributed by atoms with Crippen LogP contribution < -0.4 is 10.6 Å². The van der Waals surface area contributed by atoms with Crippen molar-refractivity contribution in [2.75, 3.05) is 18.4 Å². The Balaban J connectivity index is 2.21. The highest BCUT2D eigenvalue weighted by atomic mass is 35.5. The van der Waals surface area contributed by atoms with Gasteiger partial charge in [0.2, 0.25) is 5.91 Å². The first-order valence-corrected chi connectivity index (χ1v) is 6.53. The molecule has 1 aliphatic rings. The van der Waals surface area contributed by atoms with Crippen LogP contribution in [-0.2, 0) is 4.79 Å². The molecule has 1 atom stereocenters. The highest BCUT2D eigenvalue weighted by molar-refractivity contribution is 6.38. The van der Waals surface area contributed by atoms with E-state index in [0.29, 0.717) is 6.54 Å². The Hall–Kier alpha value is -0.910. The SMILES string of the molecule is CCC1(C(=O)Nc2c(Cl)ncnc2Cl)CCNC1. The van der Waals surface area contributed by atoms with Crippen molar-refractivity contribution in [2.24, 2.45) is 5.41 Å². The summed E-state index contributed by atoms with van der Waals surface area (Å²) in [5.74, 6) is -0.0893. The summed E-state index contributed by atoms with van der Waals surface area (Å²) in [4.78, 5) is 20.0.